The fraction of sp³-hybridized carbons (Fsp3) is 0.500. The van der Waals surface area contributed by atoms with E-state index in [1.165, 1.54) is 5.52 Å². The van der Waals surface area contributed by atoms with Gasteiger partial charge in [-0.3, -0.25) is 0 Å². The van der Waals surface area contributed by atoms with E-state index in [0.29, 0.717) is 0 Å². The number of benzene rings is 1. The van der Waals surface area contributed by atoms with E-state index in [-0.39, 0.29) is 0 Å². The van der Waals surface area contributed by atoms with Crippen LogP contribution < -0.4 is 0 Å². The molecule has 1 aromatic carbocycles. The van der Waals surface area contributed by atoms with Crippen LogP contribution in [0.4, 0.5) is 0 Å². The topological polar surface area (TPSA) is 24.0 Å². The summed E-state index contributed by atoms with van der Waals surface area (Å²) < 4.78 is 4.10. The Kier molecular flexibility index (Phi) is 5.19. The third kappa shape index (κ3) is 3.46. The van der Waals surface area contributed by atoms with Crippen molar-refractivity contribution in [1.29, 1.82) is 0 Å². The van der Waals surface area contributed by atoms with Gasteiger partial charge in [0.05, 0.1) is 11.0 Å². The largest absolute Gasteiger partial charge is 0.331 e. The highest BCUT2D eigenvalue weighted by atomic mass is 79.9. The first-order valence-corrected chi connectivity index (χ1v) is 7.96. The highest BCUT2D eigenvalue weighted by Crippen LogP contribution is 2.20. The molecule has 1 N–H and O–H groups in total. The van der Waals surface area contributed by atoms with Crippen molar-refractivity contribution in [3.63, 3.8) is 0 Å². The van der Waals surface area contributed by atoms with Crippen molar-refractivity contribution in [2.24, 2.45) is 0 Å². The molecule has 19 heavy (non-hydrogen) atoms. The molecule has 5 heteroatoms. The number of halogens is 1. The molecule has 0 aliphatic carbocycles. The minimum Gasteiger partial charge on any atom is -0.331 e. The van der Waals surface area contributed by atoms with Crippen LogP contribution in [0.25, 0.3) is 11.0 Å². The van der Waals surface area contributed by atoms with Gasteiger partial charge in [-0.15, -0.1) is 0 Å². The van der Waals surface area contributed by atoms with Gasteiger partial charge < -0.3 is 14.5 Å². The Labute approximate surface area is 127 Å². The molecule has 0 atom stereocenters. The van der Waals surface area contributed by atoms with Crippen LogP contribution in [0.15, 0.2) is 22.7 Å². The van der Waals surface area contributed by atoms with Crippen molar-refractivity contribution in [2.45, 2.75) is 26.8 Å². The number of aromatic nitrogens is 2. The van der Waals surface area contributed by atoms with Crippen molar-refractivity contribution >= 4 is 39.2 Å². The van der Waals surface area contributed by atoms with Gasteiger partial charge in [-0.1, -0.05) is 29.8 Å². The van der Waals surface area contributed by atoms with Gasteiger partial charge in [0.2, 0.25) is 0 Å². The summed E-state index contributed by atoms with van der Waals surface area (Å²) in [5.41, 5.74) is 2.29. The minimum absolute atomic E-state index is 0.813. The van der Waals surface area contributed by atoms with Crippen LogP contribution in [0.3, 0.4) is 0 Å². The van der Waals surface area contributed by atoms with E-state index in [1.54, 1.807) is 0 Å². The first kappa shape index (κ1) is 14.8. The molecule has 2 rings (SSSR count). The predicted molar refractivity (Wildman–Crippen MR) is 87.2 cm³/mol. The predicted octanol–water partition coefficient (Wildman–Crippen LogP) is 4.19. The molecular formula is C14H20BrN3S. The Hall–Kier alpha value is -0.650. The first-order chi connectivity index (χ1) is 9.15. The normalized spacial score (nSPS) is 11.6. The molecule has 0 radical (unpaired) electrons. The van der Waals surface area contributed by atoms with Gasteiger partial charge in [-0.05, 0) is 56.5 Å². The number of H-pyrrole nitrogens is 1. The number of fused-ring (bicyclic) bond motifs is 1. The molecule has 0 amide bonds. The zero-order valence-electron chi connectivity index (χ0n) is 11.4. The number of aromatic amines is 1. The summed E-state index contributed by atoms with van der Waals surface area (Å²) in [6, 6.07) is 6.23. The fourth-order valence-electron chi connectivity index (χ4n) is 2.34. The third-order valence-electron chi connectivity index (χ3n) is 3.49. The summed E-state index contributed by atoms with van der Waals surface area (Å²) in [5.74, 6) is 0. The maximum atomic E-state index is 5.41. The quantitative estimate of drug-likeness (QED) is 0.796. The second kappa shape index (κ2) is 6.68. The van der Waals surface area contributed by atoms with Crippen LogP contribution in [0.5, 0.6) is 0 Å². The van der Waals surface area contributed by atoms with Gasteiger partial charge in [0.15, 0.2) is 4.77 Å². The van der Waals surface area contributed by atoms with Crippen LogP contribution in [0.1, 0.15) is 20.3 Å². The third-order valence-corrected chi connectivity index (χ3v) is 4.30. The highest BCUT2D eigenvalue weighted by molar-refractivity contribution is 9.10. The van der Waals surface area contributed by atoms with Crippen molar-refractivity contribution < 1.29 is 0 Å². The molecule has 1 aromatic heterocycles. The number of imidazole rings is 1. The van der Waals surface area contributed by atoms with Crippen LogP contribution in [-0.4, -0.2) is 34.1 Å². The van der Waals surface area contributed by atoms with Gasteiger partial charge >= 0.3 is 0 Å². The summed E-state index contributed by atoms with van der Waals surface area (Å²) in [6.07, 6.45) is 1.12. The molecule has 0 bridgehead atoms. The molecule has 104 valence electrons. The second-order valence-corrected chi connectivity index (χ2v) is 5.93. The number of hydrogen-bond acceptors (Lipinski definition) is 2. The maximum absolute atomic E-state index is 5.41. The van der Waals surface area contributed by atoms with Gasteiger partial charge in [0.1, 0.15) is 0 Å². The molecule has 0 fully saturated rings. The lowest BCUT2D eigenvalue weighted by Gasteiger charge is -2.17. The Morgan fingerprint density at radius 3 is 2.74 bits per heavy atom. The SMILES string of the molecule is CCN(CC)CCCn1c(=S)[nH]c2ccc(Br)cc21. The lowest BCUT2D eigenvalue weighted by molar-refractivity contribution is 0.293. The lowest BCUT2D eigenvalue weighted by atomic mass is 10.3. The number of hydrogen-bond donors (Lipinski definition) is 1. The zero-order valence-corrected chi connectivity index (χ0v) is 13.9. The number of rotatable bonds is 6. The van der Waals surface area contributed by atoms with Crippen molar-refractivity contribution in [2.75, 3.05) is 19.6 Å². The van der Waals surface area contributed by atoms with Gasteiger partial charge in [-0.25, -0.2) is 0 Å². The van der Waals surface area contributed by atoms with E-state index in [1.807, 2.05) is 6.07 Å². The average Bonchev–Trinajstić information content (AvgIpc) is 2.71. The maximum Gasteiger partial charge on any atom is 0.178 e. The van der Waals surface area contributed by atoms with Gasteiger partial charge in [-0.2, -0.15) is 0 Å². The molecule has 0 unspecified atom stereocenters. The lowest BCUT2D eigenvalue weighted by Crippen LogP contribution is -2.24. The Bertz CT molecular complexity index is 598. The van der Waals surface area contributed by atoms with Crippen molar-refractivity contribution in [3.8, 4) is 0 Å². The number of nitrogens with one attached hydrogen (secondary N) is 1. The molecule has 0 spiro atoms. The smallest absolute Gasteiger partial charge is 0.178 e. The van der Waals surface area contributed by atoms with E-state index >= 15 is 0 Å². The van der Waals surface area contributed by atoms with E-state index in [9.17, 15) is 0 Å². The number of nitrogens with zero attached hydrogens (tertiary/aromatic N) is 2. The Balaban J connectivity index is 2.14. The standard InChI is InChI=1S/C14H20BrN3S/c1-3-17(4-2)8-5-9-18-13-10-11(15)6-7-12(13)16-14(18)19/h6-7,10H,3-5,8-9H2,1-2H3,(H,16,19). The van der Waals surface area contributed by atoms with Gasteiger partial charge in [0.25, 0.3) is 0 Å². The summed E-state index contributed by atoms with van der Waals surface area (Å²) in [6.45, 7) is 8.72. The summed E-state index contributed by atoms with van der Waals surface area (Å²) >= 11 is 8.93. The molecule has 0 saturated heterocycles. The molecule has 0 saturated carbocycles. The van der Waals surface area contributed by atoms with E-state index in [4.69, 9.17) is 12.2 Å². The molecule has 3 nitrogen and oxygen atoms in total. The molecular weight excluding hydrogens is 322 g/mol. The molecule has 0 aliphatic rings. The monoisotopic (exact) mass is 341 g/mol. The summed E-state index contributed by atoms with van der Waals surface area (Å²) in [4.78, 5) is 5.70. The first-order valence-electron chi connectivity index (χ1n) is 6.76. The van der Waals surface area contributed by atoms with Crippen molar-refractivity contribution in [1.82, 2.24) is 14.5 Å². The number of aryl methyl sites for hydroxylation is 1. The average molecular weight is 342 g/mol. The van der Waals surface area contributed by atoms with Crippen LogP contribution >= 0.6 is 28.1 Å². The Morgan fingerprint density at radius 1 is 1.32 bits per heavy atom. The van der Waals surface area contributed by atoms with E-state index in [2.05, 4.69) is 56.4 Å². The van der Waals surface area contributed by atoms with Gasteiger partial charge in [0, 0.05) is 11.0 Å². The Morgan fingerprint density at radius 2 is 2.05 bits per heavy atom. The van der Waals surface area contributed by atoms with Crippen LogP contribution in [0, 0.1) is 4.77 Å². The van der Waals surface area contributed by atoms with E-state index < -0.39 is 0 Å². The summed E-state index contributed by atoms with van der Waals surface area (Å²) in [7, 11) is 0. The fourth-order valence-corrected chi connectivity index (χ4v) is 2.99. The molecule has 2 aromatic rings. The highest BCUT2D eigenvalue weighted by Gasteiger charge is 2.05. The molecule has 0 aliphatic heterocycles. The van der Waals surface area contributed by atoms with E-state index in [0.717, 1.165) is 47.4 Å². The van der Waals surface area contributed by atoms with Crippen LogP contribution in [0.2, 0.25) is 0 Å². The minimum atomic E-state index is 0.813. The van der Waals surface area contributed by atoms with Crippen molar-refractivity contribution in [3.05, 3.63) is 27.4 Å². The van der Waals surface area contributed by atoms with Crippen LogP contribution in [-0.2, 0) is 6.54 Å². The molecule has 1 heterocycles. The summed E-state index contributed by atoms with van der Waals surface area (Å²) in [5, 5.41) is 0. The zero-order chi connectivity index (χ0) is 13.8. The second-order valence-electron chi connectivity index (χ2n) is 4.62.